The summed E-state index contributed by atoms with van der Waals surface area (Å²) in [5.41, 5.74) is 3.56. The van der Waals surface area contributed by atoms with Gasteiger partial charge in [-0.1, -0.05) is 30.3 Å². The second kappa shape index (κ2) is 8.95. The topological polar surface area (TPSA) is 50.8 Å². The number of carbonyl (C=O) groups is 1. The summed E-state index contributed by atoms with van der Waals surface area (Å²) in [5, 5.41) is 2.91. The highest BCUT2D eigenvalue weighted by atomic mass is 16.5. The first-order valence-electron chi connectivity index (χ1n) is 8.99. The van der Waals surface area contributed by atoms with Gasteiger partial charge in [0.1, 0.15) is 0 Å². The molecule has 0 heterocycles. The van der Waals surface area contributed by atoms with Gasteiger partial charge in [-0.05, 0) is 48.0 Å². The van der Waals surface area contributed by atoms with Gasteiger partial charge in [0.2, 0.25) is 0 Å². The van der Waals surface area contributed by atoms with Gasteiger partial charge in [0.05, 0.1) is 14.2 Å². The standard InChI is InChI=1S/C23H24N2O3/c1-25(16-17-7-5-4-6-8-17)20-12-10-19(11-13-20)24-23(26)18-9-14-21(27-2)22(15-18)28-3/h4-15H,16H2,1-3H3,(H,24,26). The number of rotatable bonds is 7. The highest BCUT2D eigenvalue weighted by Gasteiger charge is 2.11. The lowest BCUT2D eigenvalue weighted by Gasteiger charge is -2.20. The van der Waals surface area contributed by atoms with E-state index in [1.54, 1.807) is 32.4 Å². The van der Waals surface area contributed by atoms with Crippen molar-refractivity contribution in [3.8, 4) is 11.5 Å². The van der Waals surface area contributed by atoms with Crippen molar-refractivity contribution in [3.63, 3.8) is 0 Å². The number of nitrogens with one attached hydrogen (secondary N) is 1. The largest absolute Gasteiger partial charge is 0.493 e. The van der Waals surface area contributed by atoms with E-state index >= 15 is 0 Å². The van der Waals surface area contributed by atoms with E-state index in [2.05, 4.69) is 22.3 Å². The van der Waals surface area contributed by atoms with E-state index in [1.165, 1.54) is 5.56 Å². The molecule has 28 heavy (non-hydrogen) atoms. The normalized spacial score (nSPS) is 10.2. The van der Waals surface area contributed by atoms with Crippen LogP contribution in [0, 0.1) is 0 Å². The average molecular weight is 376 g/mol. The van der Waals surface area contributed by atoms with E-state index in [0.717, 1.165) is 17.9 Å². The van der Waals surface area contributed by atoms with Gasteiger partial charge in [-0.3, -0.25) is 4.79 Å². The minimum atomic E-state index is -0.202. The molecule has 0 atom stereocenters. The molecular weight excluding hydrogens is 352 g/mol. The quantitative estimate of drug-likeness (QED) is 0.655. The monoisotopic (exact) mass is 376 g/mol. The Kier molecular flexibility index (Phi) is 6.17. The van der Waals surface area contributed by atoms with E-state index in [1.807, 2.05) is 49.5 Å². The average Bonchev–Trinajstić information content (AvgIpc) is 2.74. The first-order chi connectivity index (χ1) is 13.6. The smallest absolute Gasteiger partial charge is 0.255 e. The van der Waals surface area contributed by atoms with Crippen LogP contribution in [0.25, 0.3) is 0 Å². The predicted octanol–water partition coefficient (Wildman–Crippen LogP) is 4.59. The molecule has 5 nitrogen and oxygen atoms in total. The van der Waals surface area contributed by atoms with E-state index in [0.29, 0.717) is 17.1 Å². The molecule has 0 radical (unpaired) electrons. The first-order valence-corrected chi connectivity index (χ1v) is 8.99. The fourth-order valence-corrected chi connectivity index (χ4v) is 2.93. The second-order valence-electron chi connectivity index (χ2n) is 6.41. The van der Waals surface area contributed by atoms with Gasteiger partial charge in [0, 0.05) is 30.5 Å². The van der Waals surface area contributed by atoms with Crippen molar-refractivity contribution in [2.24, 2.45) is 0 Å². The molecule has 0 aromatic heterocycles. The number of methoxy groups -OCH3 is 2. The van der Waals surface area contributed by atoms with Gasteiger partial charge in [0.25, 0.3) is 5.91 Å². The van der Waals surface area contributed by atoms with Crippen molar-refractivity contribution in [1.82, 2.24) is 0 Å². The molecule has 1 amide bonds. The van der Waals surface area contributed by atoms with Gasteiger partial charge < -0.3 is 19.7 Å². The Morgan fingerprint density at radius 3 is 2.21 bits per heavy atom. The van der Waals surface area contributed by atoms with Crippen LogP contribution >= 0.6 is 0 Å². The van der Waals surface area contributed by atoms with Crippen LogP contribution in [-0.2, 0) is 6.54 Å². The van der Waals surface area contributed by atoms with Crippen molar-refractivity contribution in [2.45, 2.75) is 6.54 Å². The van der Waals surface area contributed by atoms with Crippen molar-refractivity contribution < 1.29 is 14.3 Å². The van der Waals surface area contributed by atoms with Crippen LogP contribution in [0.3, 0.4) is 0 Å². The number of carbonyl (C=O) groups excluding carboxylic acids is 1. The number of nitrogens with zero attached hydrogens (tertiary/aromatic N) is 1. The lowest BCUT2D eigenvalue weighted by atomic mass is 10.1. The van der Waals surface area contributed by atoms with E-state index < -0.39 is 0 Å². The molecule has 5 heteroatoms. The summed E-state index contributed by atoms with van der Waals surface area (Å²) in [5.74, 6) is 0.907. The van der Waals surface area contributed by atoms with Crippen molar-refractivity contribution in [3.05, 3.63) is 83.9 Å². The molecule has 3 aromatic rings. The molecule has 0 fully saturated rings. The molecule has 0 aliphatic rings. The fraction of sp³-hybridized carbons (Fsp3) is 0.174. The Labute approximate surface area is 165 Å². The zero-order chi connectivity index (χ0) is 19.9. The molecule has 3 aromatic carbocycles. The maximum Gasteiger partial charge on any atom is 0.255 e. The predicted molar refractivity (Wildman–Crippen MR) is 112 cm³/mol. The number of hydrogen-bond donors (Lipinski definition) is 1. The molecule has 0 aliphatic carbocycles. The highest BCUT2D eigenvalue weighted by Crippen LogP contribution is 2.28. The van der Waals surface area contributed by atoms with Crippen LogP contribution in [0.1, 0.15) is 15.9 Å². The Bertz CT molecular complexity index is 924. The van der Waals surface area contributed by atoms with Crippen LogP contribution in [0.5, 0.6) is 11.5 Å². The Hall–Kier alpha value is -3.47. The second-order valence-corrected chi connectivity index (χ2v) is 6.41. The SMILES string of the molecule is COc1ccc(C(=O)Nc2ccc(N(C)Cc3ccccc3)cc2)cc1OC. The number of amides is 1. The zero-order valence-corrected chi connectivity index (χ0v) is 16.3. The number of hydrogen-bond acceptors (Lipinski definition) is 4. The lowest BCUT2D eigenvalue weighted by Crippen LogP contribution is -2.16. The summed E-state index contributed by atoms with van der Waals surface area (Å²) in [6.45, 7) is 0.818. The third kappa shape index (κ3) is 4.62. The summed E-state index contributed by atoms with van der Waals surface area (Å²) >= 11 is 0. The zero-order valence-electron chi connectivity index (χ0n) is 16.3. The summed E-state index contributed by atoms with van der Waals surface area (Å²) in [7, 11) is 5.16. The maximum atomic E-state index is 12.5. The van der Waals surface area contributed by atoms with Crippen molar-refractivity contribution in [1.29, 1.82) is 0 Å². The highest BCUT2D eigenvalue weighted by molar-refractivity contribution is 6.04. The molecule has 0 aliphatic heterocycles. The van der Waals surface area contributed by atoms with Crippen LogP contribution < -0.4 is 19.7 Å². The Morgan fingerprint density at radius 2 is 1.57 bits per heavy atom. The molecule has 0 unspecified atom stereocenters. The van der Waals surface area contributed by atoms with Gasteiger partial charge in [-0.25, -0.2) is 0 Å². The summed E-state index contributed by atoms with van der Waals surface area (Å²) < 4.78 is 10.5. The molecule has 0 bridgehead atoms. The summed E-state index contributed by atoms with van der Waals surface area (Å²) in [6.07, 6.45) is 0. The lowest BCUT2D eigenvalue weighted by molar-refractivity contribution is 0.102. The van der Waals surface area contributed by atoms with Gasteiger partial charge in [-0.15, -0.1) is 0 Å². The molecule has 3 rings (SSSR count). The molecule has 0 spiro atoms. The molecule has 1 N–H and O–H groups in total. The van der Waals surface area contributed by atoms with E-state index in [4.69, 9.17) is 9.47 Å². The summed E-state index contributed by atoms with van der Waals surface area (Å²) in [4.78, 5) is 14.7. The number of anilines is 2. The van der Waals surface area contributed by atoms with Gasteiger partial charge >= 0.3 is 0 Å². The van der Waals surface area contributed by atoms with Crippen LogP contribution in [0.15, 0.2) is 72.8 Å². The molecule has 0 saturated heterocycles. The minimum absolute atomic E-state index is 0.202. The van der Waals surface area contributed by atoms with Crippen molar-refractivity contribution >= 4 is 17.3 Å². The molecular formula is C23H24N2O3. The van der Waals surface area contributed by atoms with Crippen LogP contribution in [0.4, 0.5) is 11.4 Å². The molecule has 144 valence electrons. The number of ether oxygens (including phenoxy) is 2. The Balaban J connectivity index is 1.66. The minimum Gasteiger partial charge on any atom is -0.493 e. The third-order valence-corrected chi connectivity index (χ3v) is 4.47. The van der Waals surface area contributed by atoms with Crippen LogP contribution in [-0.4, -0.2) is 27.2 Å². The van der Waals surface area contributed by atoms with E-state index in [9.17, 15) is 4.79 Å². The fourth-order valence-electron chi connectivity index (χ4n) is 2.93. The van der Waals surface area contributed by atoms with Crippen LogP contribution in [0.2, 0.25) is 0 Å². The van der Waals surface area contributed by atoms with Crippen molar-refractivity contribution in [2.75, 3.05) is 31.5 Å². The third-order valence-electron chi connectivity index (χ3n) is 4.47. The number of benzene rings is 3. The van der Waals surface area contributed by atoms with Gasteiger partial charge in [-0.2, -0.15) is 0 Å². The maximum absolute atomic E-state index is 12.5. The van der Waals surface area contributed by atoms with E-state index in [-0.39, 0.29) is 5.91 Å². The molecule has 0 saturated carbocycles. The van der Waals surface area contributed by atoms with Gasteiger partial charge in [0.15, 0.2) is 11.5 Å². The Morgan fingerprint density at radius 1 is 0.893 bits per heavy atom. The summed E-state index contributed by atoms with van der Waals surface area (Å²) in [6, 6.07) is 23.2. The first kappa shape index (κ1) is 19.3.